The summed E-state index contributed by atoms with van der Waals surface area (Å²) in [5.74, 6) is 2.46. The van der Waals surface area contributed by atoms with Crippen molar-refractivity contribution in [1.82, 2.24) is 14.5 Å². The summed E-state index contributed by atoms with van der Waals surface area (Å²) in [6.45, 7) is 0.624. The number of nitrogens with zero attached hydrogens (tertiary/aromatic N) is 5. The van der Waals surface area contributed by atoms with Crippen molar-refractivity contribution in [3.8, 4) is 0 Å². The summed E-state index contributed by atoms with van der Waals surface area (Å²) < 4.78 is 2.12. The van der Waals surface area contributed by atoms with Crippen LogP contribution in [0.2, 0.25) is 0 Å². The van der Waals surface area contributed by atoms with Gasteiger partial charge in [0.15, 0.2) is 11.5 Å². The van der Waals surface area contributed by atoms with Crippen molar-refractivity contribution in [3.63, 3.8) is 0 Å². The van der Waals surface area contributed by atoms with Gasteiger partial charge in [0.2, 0.25) is 5.96 Å². The van der Waals surface area contributed by atoms with Gasteiger partial charge in [0.1, 0.15) is 5.82 Å². The lowest BCUT2D eigenvalue weighted by Gasteiger charge is -2.34. The van der Waals surface area contributed by atoms with Gasteiger partial charge in [-0.15, -0.1) is 0 Å². The number of imidazole rings is 1. The molecule has 0 N–H and O–H groups in total. The highest BCUT2D eigenvalue weighted by Crippen LogP contribution is 2.40. The van der Waals surface area contributed by atoms with Gasteiger partial charge in [0.25, 0.3) is 5.91 Å². The number of amides is 1. The van der Waals surface area contributed by atoms with Crippen LogP contribution >= 0.6 is 0 Å². The quantitative estimate of drug-likeness (QED) is 0.658. The van der Waals surface area contributed by atoms with Crippen LogP contribution in [0.3, 0.4) is 0 Å². The Morgan fingerprint density at radius 1 is 0.968 bits per heavy atom. The van der Waals surface area contributed by atoms with E-state index in [0.29, 0.717) is 24.7 Å². The van der Waals surface area contributed by atoms with E-state index in [1.165, 1.54) is 12.0 Å². The van der Waals surface area contributed by atoms with Crippen LogP contribution in [0.15, 0.2) is 65.7 Å². The first-order valence-corrected chi connectivity index (χ1v) is 11.0. The average molecular weight is 412 g/mol. The van der Waals surface area contributed by atoms with Gasteiger partial charge in [0.05, 0.1) is 12.1 Å². The number of carbonyl (C=O) groups excluding carboxylic acids is 1. The molecule has 1 aliphatic carbocycles. The number of guanidine groups is 1. The molecular formula is C25H25N5O. The third-order valence-corrected chi connectivity index (χ3v) is 6.72. The summed E-state index contributed by atoms with van der Waals surface area (Å²) in [6.07, 6.45) is 4.05. The third-order valence-electron chi connectivity index (χ3n) is 6.72. The Bertz CT molecular complexity index is 1170. The number of benzene rings is 2. The van der Waals surface area contributed by atoms with Gasteiger partial charge in [-0.05, 0) is 30.4 Å². The maximum atomic E-state index is 13.5. The van der Waals surface area contributed by atoms with Crippen molar-refractivity contribution < 1.29 is 4.79 Å². The number of rotatable bonds is 4. The molecule has 3 heterocycles. The Morgan fingerprint density at radius 2 is 1.68 bits per heavy atom. The molecule has 1 saturated carbocycles. The largest absolute Gasteiger partial charge is 0.317 e. The Kier molecular flexibility index (Phi) is 4.19. The highest BCUT2D eigenvalue weighted by atomic mass is 16.2. The zero-order valence-electron chi connectivity index (χ0n) is 17.6. The summed E-state index contributed by atoms with van der Waals surface area (Å²) in [4.78, 5) is 27.5. The van der Waals surface area contributed by atoms with Gasteiger partial charge in [-0.25, -0.2) is 9.98 Å². The monoisotopic (exact) mass is 411 g/mol. The Labute approximate surface area is 181 Å². The molecule has 156 valence electrons. The molecule has 6 heteroatoms. The van der Waals surface area contributed by atoms with Crippen LogP contribution in [-0.2, 0) is 13.0 Å². The molecule has 0 spiro atoms. The van der Waals surface area contributed by atoms with E-state index in [2.05, 4.69) is 33.7 Å². The molecule has 6 nitrogen and oxygen atoms in total. The van der Waals surface area contributed by atoms with Gasteiger partial charge >= 0.3 is 0 Å². The van der Waals surface area contributed by atoms with E-state index < -0.39 is 0 Å². The molecule has 0 unspecified atom stereocenters. The maximum Gasteiger partial charge on any atom is 0.280 e. The Morgan fingerprint density at radius 3 is 2.42 bits per heavy atom. The van der Waals surface area contributed by atoms with E-state index in [1.54, 1.807) is 4.90 Å². The number of aliphatic imine (C=N–C) groups is 1. The topological polar surface area (TPSA) is 53.7 Å². The van der Waals surface area contributed by atoms with Crippen LogP contribution in [0.4, 0.5) is 5.82 Å². The maximum absolute atomic E-state index is 13.5. The fourth-order valence-electron chi connectivity index (χ4n) is 5.20. The molecule has 1 aromatic heterocycles. The molecule has 1 fully saturated rings. The van der Waals surface area contributed by atoms with Crippen molar-refractivity contribution in [3.05, 3.63) is 83.3 Å². The predicted molar refractivity (Wildman–Crippen MR) is 120 cm³/mol. The smallest absolute Gasteiger partial charge is 0.280 e. The zero-order valence-corrected chi connectivity index (χ0v) is 17.6. The van der Waals surface area contributed by atoms with Gasteiger partial charge in [-0.3, -0.25) is 14.6 Å². The normalized spacial score (nSPS) is 21.7. The van der Waals surface area contributed by atoms with Gasteiger partial charge in [-0.1, -0.05) is 60.7 Å². The highest BCUT2D eigenvalue weighted by Gasteiger charge is 2.49. The van der Waals surface area contributed by atoms with Crippen molar-refractivity contribution in [2.75, 3.05) is 11.9 Å². The molecule has 3 aliphatic rings. The number of carbonyl (C=O) groups is 1. The van der Waals surface area contributed by atoms with Gasteiger partial charge < -0.3 is 4.57 Å². The van der Waals surface area contributed by atoms with E-state index in [0.717, 1.165) is 36.0 Å². The van der Waals surface area contributed by atoms with Crippen LogP contribution < -0.4 is 4.90 Å². The minimum atomic E-state index is -0.0206. The zero-order chi connectivity index (χ0) is 20.9. The van der Waals surface area contributed by atoms with E-state index in [-0.39, 0.29) is 11.9 Å². The third kappa shape index (κ3) is 2.89. The SMILES string of the molecule is CN1C(=O)c2c(nc(Cc3ccccc3)n2Cc2ccccc2)N2C1=N[C@@H]1CCC[C@@H]12. The molecule has 2 aliphatic heterocycles. The number of aromatic nitrogens is 2. The highest BCUT2D eigenvalue weighted by molar-refractivity contribution is 6.18. The van der Waals surface area contributed by atoms with Crippen molar-refractivity contribution in [1.29, 1.82) is 0 Å². The van der Waals surface area contributed by atoms with Crippen LogP contribution in [0, 0.1) is 0 Å². The van der Waals surface area contributed by atoms with Crippen molar-refractivity contribution >= 4 is 17.7 Å². The summed E-state index contributed by atoms with van der Waals surface area (Å²) in [7, 11) is 1.84. The van der Waals surface area contributed by atoms with E-state index in [1.807, 2.05) is 43.4 Å². The lowest BCUT2D eigenvalue weighted by Crippen LogP contribution is -2.51. The molecule has 31 heavy (non-hydrogen) atoms. The number of hydrogen-bond donors (Lipinski definition) is 0. The average Bonchev–Trinajstić information content (AvgIpc) is 3.47. The molecule has 3 aromatic rings. The second kappa shape index (κ2) is 7.08. The van der Waals surface area contributed by atoms with Gasteiger partial charge in [0, 0.05) is 20.0 Å². The standard InChI is InChI=1S/C25H25N5O/c1-28-24(31)22-23(30-20-14-8-13-19(20)26-25(28)30)27-21(15-17-9-4-2-5-10-17)29(22)16-18-11-6-3-7-12-18/h2-7,9-12,19-20H,8,13-16H2,1H3/t19-,20+/m1/s1. The Balaban J connectivity index is 1.50. The van der Waals surface area contributed by atoms with Crippen molar-refractivity contribution in [2.45, 2.75) is 44.3 Å². The lowest BCUT2D eigenvalue weighted by molar-refractivity contribution is 0.0854. The van der Waals surface area contributed by atoms with Crippen LogP contribution in [0.1, 0.15) is 46.7 Å². The molecule has 1 amide bonds. The minimum Gasteiger partial charge on any atom is -0.317 e. The molecule has 0 saturated heterocycles. The Hall–Kier alpha value is -3.41. The lowest BCUT2D eigenvalue weighted by atomic mass is 10.1. The molecule has 2 aromatic carbocycles. The number of anilines is 1. The first-order valence-electron chi connectivity index (χ1n) is 11.0. The molecule has 2 atom stereocenters. The molecule has 0 bridgehead atoms. The van der Waals surface area contributed by atoms with Crippen LogP contribution in [0.5, 0.6) is 0 Å². The second-order valence-corrected chi connectivity index (χ2v) is 8.66. The summed E-state index contributed by atoms with van der Waals surface area (Å²) in [5.41, 5.74) is 3.03. The van der Waals surface area contributed by atoms with Crippen LogP contribution in [0.25, 0.3) is 0 Å². The summed E-state index contributed by atoms with van der Waals surface area (Å²) in [5, 5.41) is 0. The van der Waals surface area contributed by atoms with Gasteiger partial charge in [-0.2, -0.15) is 0 Å². The fourth-order valence-corrected chi connectivity index (χ4v) is 5.20. The first kappa shape index (κ1) is 18.4. The summed E-state index contributed by atoms with van der Waals surface area (Å²) in [6, 6.07) is 21.2. The minimum absolute atomic E-state index is 0.0206. The predicted octanol–water partition coefficient (Wildman–Crippen LogP) is 3.70. The first-order chi connectivity index (χ1) is 15.2. The molecule has 6 rings (SSSR count). The number of fused-ring (bicyclic) bond motifs is 5. The van der Waals surface area contributed by atoms with E-state index >= 15 is 0 Å². The number of hydrogen-bond acceptors (Lipinski definition) is 4. The van der Waals surface area contributed by atoms with E-state index in [9.17, 15) is 4.79 Å². The molecule has 0 radical (unpaired) electrons. The fraction of sp³-hybridized carbons (Fsp3) is 0.320. The van der Waals surface area contributed by atoms with Crippen LogP contribution in [-0.4, -0.2) is 45.4 Å². The van der Waals surface area contributed by atoms with E-state index in [4.69, 9.17) is 9.98 Å². The molecular weight excluding hydrogens is 386 g/mol. The van der Waals surface area contributed by atoms with Crippen molar-refractivity contribution in [2.24, 2.45) is 4.99 Å². The second-order valence-electron chi connectivity index (χ2n) is 8.66. The summed E-state index contributed by atoms with van der Waals surface area (Å²) >= 11 is 0.